The number of aromatic hydroxyl groups is 1. The van der Waals surface area contributed by atoms with Crippen LogP contribution in [-0.4, -0.2) is 50.5 Å². The van der Waals surface area contributed by atoms with Gasteiger partial charge in [-0.3, -0.25) is 19.1 Å². The fourth-order valence-electron chi connectivity index (χ4n) is 3.33. The van der Waals surface area contributed by atoms with E-state index in [1.165, 1.54) is 10.8 Å². The molecule has 1 aromatic carbocycles. The van der Waals surface area contributed by atoms with E-state index < -0.39 is 35.7 Å². The Labute approximate surface area is 165 Å². The maximum Gasteiger partial charge on any atom is 0.330 e. The molecule has 0 spiro atoms. The lowest BCUT2D eigenvalue weighted by atomic mass is 10.0. The molecule has 1 aliphatic rings. The Hall–Kier alpha value is -2.95. The molecule has 10 nitrogen and oxygen atoms in total. The van der Waals surface area contributed by atoms with Gasteiger partial charge in [0, 0.05) is 24.6 Å². The van der Waals surface area contributed by atoms with Gasteiger partial charge in [-0.1, -0.05) is 12.1 Å². The molecule has 7 N–H and O–H groups in total. The molecule has 1 aromatic heterocycles. The number of quaternary nitrogens is 1. The van der Waals surface area contributed by atoms with Gasteiger partial charge in [0.15, 0.2) is 6.04 Å². The minimum absolute atomic E-state index is 0.145. The van der Waals surface area contributed by atoms with Crippen LogP contribution in [-0.2, 0) is 16.0 Å². The van der Waals surface area contributed by atoms with E-state index in [-0.39, 0.29) is 24.7 Å². The molecule has 1 fully saturated rings. The predicted octanol–water partition coefficient (Wildman–Crippen LogP) is -1.83. The van der Waals surface area contributed by atoms with Gasteiger partial charge < -0.3 is 26.0 Å². The molecular weight excluding hydrogens is 380 g/mol. The molecule has 156 valence electrons. The number of aliphatic hydroxyl groups excluding tert-OH is 1. The highest BCUT2D eigenvalue weighted by molar-refractivity contribution is 5.80. The topological polar surface area (TPSA) is 161 Å². The number of phenols is 1. The van der Waals surface area contributed by atoms with Crippen molar-refractivity contribution in [1.29, 1.82) is 0 Å². The molecule has 0 saturated carbocycles. The first-order valence-electron chi connectivity index (χ1n) is 9.28. The van der Waals surface area contributed by atoms with E-state index in [9.17, 15) is 24.6 Å². The number of aromatic nitrogens is 2. The van der Waals surface area contributed by atoms with E-state index in [0.717, 1.165) is 5.56 Å². The van der Waals surface area contributed by atoms with Gasteiger partial charge in [0.1, 0.15) is 18.1 Å². The summed E-state index contributed by atoms with van der Waals surface area (Å²) in [5.74, 6) is -0.165. The number of amides is 1. The lowest BCUT2D eigenvalue weighted by molar-refractivity contribution is -0.403. The number of carbonyl (C=O) groups is 1. The first kappa shape index (κ1) is 20.8. The Balaban J connectivity index is 1.67. The zero-order valence-electron chi connectivity index (χ0n) is 16.0. The number of H-pyrrole nitrogens is 1. The standard InChI is InChI=1S/C19H24N4O6/c1-10-8-23(19(28)22-17(10)26)16-7-14(15(9-24)29-16)21-18(27)13(20)6-11-2-4-12(25)5-3-11/h2-5,8,13-16,24-25H,6-7,9,20H2,1H3,(H,21,27)(H,22,26,28)/p+1/t13-,14-,15+,16+/m0/s1. The van der Waals surface area contributed by atoms with Crippen LogP contribution < -0.4 is 22.3 Å². The average molecular weight is 405 g/mol. The van der Waals surface area contributed by atoms with Crippen LogP contribution >= 0.6 is 0 Å². The molecule has 0 radical (unpaired) electrons. The number of carbonyl (C=O) groups excluding carboxylic acids is 1. The Bertz CT molecular complexity index is 983. The van der Waals surface area contributed by atoms with E-state index in [1.54, 1.807) is 31.2 Å². The van der Waals surface area contributed by atoms with E-state index in [0.29, 0.717) is 12.0 Å². The van der Waals surface area contributed by atoms with Crippen molar-refractivity contribution in [1.82, 2.24) is 14.9 Å². The van der Waals surface area contributed by atoms with Crippen molar-refractivity contribution in [3.05, 3.63) is 62.4 Å². The molecule has 1 aliphatic heterocycles. The zero-order chi connectivity index (χ0) is 21.1. The summed E-state index contributed by atoms with van der Waals surface area (Å²) < 4.78 is 6.98. The fraction of sp³-hybridized carbons (Fsp3) is 0.421. The number of rotatable bonds is 6. The summed E-state index contributed by atoms with van der Waals surface area (Å²) in [6.07, 6.45) is 0.629. The van der Waals surface area contributed by atoms with Crippen LogP contribution in [0.3, 0.4) is 0 Å². The van der Waals surface area contributed by atoms with E-state index >= 15 is 0 Å². The van der Waals surface area contributed by atoms with Crippen molar-refractivity contribution in [3.8, 4) is 5.75 Å². The third-order valence-corrected chi connectivity index (χ3v) is 4.99. The van der Waals surface area contributed by atoms with Gasteiger partial charge in [-0.25, -0.2) is 4.79 Å². The van der Waals surface area contributed by atoms with Crippen LogP contribution in [0.25, 0.3) is 0 Å². The smallest absolute Gasteiger partial charge is 0.330 e. The summed E-state index contributed by atoms with van der Waals surface area (Å²) in [5.41, 5.74) is 4.01. The summed E-state index contributed by atoms with van der Waals surface area (Å²) in [6.45, 7) is 1.24. The summed E-state index contributed by atoms with van der Waals surface area (Å²) in [5, 5.41) is 21.8. The highest BCUT2D eigenvalue weighted by Crippen LogP contribution is 2.27. The van der Waals surface area contributed by atoms with Crippen molar-refractivity contribution in [2.45, 2.75) is 44.2 Å². The number of hydrogen-bond acceptors (Lipinski definition) is 6. The molecule has 4 atom stereocenters. The minimum atomic E-state index is -0.721. The highest BCUT2D eigenvalue weighted by atomic mass is 16.5. The second kappa shape index (κ2) is 8.60. The average Bonchev–Trinajstić information content (AvgIpc) is 3.09. The molecule has 1 saturated heterocycles. The van der Waals surface area contributed by atoms with E-state index in [1.807, 2.05) is 0 Å². The third kappa shape index (κ3) is 4.73. The molecule has 2 heterocycles. The SMILES string of the molecule is Cc1cn([C@H]2C[C@H](NC(=O)[C@@H]([NH3+])Cc3ccc(O)cc3)[C@@H](CO)O2)c(=O)[nH]c1=O. The summed E-state index contributed by atoms with van der Waals surface area (Å²) in [6, 6.07) is 5.42. The lowest BCUT2D eigenvalue weighted by Crippen LogP contribution is -2.69. The van der Waals surface area contributed by atoms with E-state index in [2.05, 4.69) is 16.0 Å². The van der Waals surface area contributed by atoms with E-state index in [4.69, 9.17) is 4.74 Å². The Kier molecular flexibility index (Phi) is 6.16. The van der Waals surface area contributed by atoms with Crippen molar-refractivity contribution in [2.24, 2.45) is 0 Å². The maximum atomic E-state index is 12.6. The molecule has 0 aliphatic carbocycles. The number of ether oxygens (including phenoxy) is 1. The van der Waals surface area contributed by atoms with Gasteiger partial charge in [0.05, 0.1) is 12.6 Å². The molecule has 29 heavy (non-hydrogen) atoms. The molecule has 0 bridgehead atoms. The number of hydrogen-bond donors (Lipinski definition) is 5. The maximum absolute atomic E-state index is 12.6. The van der Waals surface area contributed by atoms with Gasteiger partial charge >= 0.3 is 5.69 Å². The van der Waals surface area contributed by atoms with Gasteiger partial charge in [-0.2, -0.15) is 0 Å². The number of phenolic OH excluding ortho intramolecular Hbond substituents is 1. The van der Waals surface area contributed by atoms with Gasteiger partial charge in [0.25, 0.3) is 11.5 Å². The van der Waals surface area contributed by atoms with Crippen LogP contribution in [0.5, 0.6) is 5.75 Å². The Morgan fingerprint density at radius 1 is 1.38 bits per heavy atom. The number of aromatic amines is 1. The summed E-state index contributed by atoms with van der Waals surface area (Å²) >= 11 is 0. The van der Waals surface area contributed by atoms with Gasteiger partial charge in [-0.05, 0) is 24.6 Å². The second-order valence-electron chi connectivity index (χ2n) is 7.21. The van der Waals surface area contributed by atoms with Crippen molar-refractivity contribution < 1.29 is 25.5 Å². The predicted molar refractivity (Wildman–Crippen MR) is 102 cm³/mol. The number of aliphatic hydroxyl groups is 1. The molecule has 10 heteroatoms. The van der Waals surface area contributed by atoms with Crippen LogP contribution in [0.1, 0.15) is 23.8 Å². The zero-order valence-corrected chi connectivity index (χ0v) is 16.0. The number of nitrogens with zero attached hydrogens (tertiary/aromatic N) is 1. The van der Waals surface area contributed by atoms with Gasteiger partial charge in [-0.15, -0.1) is 0 Å². The largest absolute Gasteiger partial charge is 0.508 e. The molecular formula is C19H25N4O6+. The van der Waals surface area contributed by atoms with Crippen LogP contribution in [0.15, 0.2) is 40.1 Å². The Morgan fingerprint density at radius 3 is 2.72 bits per heavy atom. The third-order valence-electron chi connectivity index (χ3n) is 4.99. The summed E-state index contributed by atoms with van der Waals surface area (Å²) in [7, 11) is 0. The van der Waals surface area contributed by atoms with Crippen molar-refractivity contribution in [3.63, 3.8) is 0 Å². The molecule has 0 unspecified atom stereocenters. The Morgan fingerprint density at radius 2 is 2.07 bits per heavy atom. The lowest BCUT2D eigenvalue weighted by Gasteiger charge is -2.18. The molecule has 1 amide bonds. The highest BCUT2D eigenvalue weighted by Gasteiger charge is 2.38. The van der Waals surface area contributed by atoms with Gasteiger partial charge in [0.2, 0.25) is 0 Å². The van der Waals surface area contributed by atoms with Crippen LogP contribution in [0.2, 0.25) is 0 Å². The molecule has 2 aromatic rings. The normalized spacial score (nSPS) is 22.4. The van der Waals surface area contributed by atoms with Crippen molar-refractivity contribution >= 4 is 5.91 Å². The fourth-order valence-corrected chi connectivity index (χ4v) is 3.33. The van der Waals surface area contributed by atoms with Crippen LogP contribution in [0.4, 0.5) is 0 Å². The number of aryl methyl sites for hydroxylation is 1. The van der Waals surface area contributed by atoms with Crippen LogP contribution in [0, 0.1) is 6.92 Å². The monoisotopic (exact) mass is 405 g/mol. The number of benzene rings is 1. The first-order chi connectivity index (χ1) is 13.8. The van der Waals surface area contributed by atoms with Crippen molar-refractivity contribution in [2.75, 3.05) is 6.61 Å². The minimum Gasteiger partial charge on any atom is -0.508 e. The first-order valence-corrected chi connectivity index (χ1v) is 9.28. The molecule has 3 rings (SSSR count). The summed E-state index contributed by atoms with van der Waals surface area (Å²) in [4.78, 5) is 38.4. The number of nitrogens with one attached hydrogen (secondary N) is 2. The second-order valence-corrected chi connectivity index (χ2v) is 7.21. The quantitative estimate of drug-likeness (QED) is 0.380.